The van der Waals surface area contributed by atoms with Crippen LogP contribution in [0.15, 0.2) is 48.5 Å². The average Bonchev–Trinajstić information content (AvgIpc) is 3.32. The molecule has 0 bridgehead atoms. The van der Waals surface area contributed by atoms with Gasteiger partial charge in [-0.3, -0.25) is 9.96 Å². The summed E-state index contributed by atoms with van der Waals surface area (Å²) in [5.41, 5.74) is 3.35. The van der Waals surface area contributed by atoms with Crippen molar-refractivity contribution >= 4 is 17.5 Å². The lowest BCUT2D eigenvalue weighted by molar-refractivity contribution is -0.0300. The highest BCUT2D eigenvalue weighted by atomic mass is 19.1. The third-order valence-electron chi connectivity index (χ3n) is 5.70. The summed E-state index contributed by atoms with van der Waals surface area (Å²) in [5, 5.41) is 20.5. The van der Waals surface area contributed by atoms with Crippen molar-refractivity contribution in [1.82, 2.24) is 19.9 Å². The molecule has 2 aliphatic heterocycles. The maximum Gasteiger partial charge on any atom is 0.243 e. The van der Waals surface area contributed by atoms with Gasteiger partial charge in [-0.25, -0.2) is 9.37 Å². The highest BCUT2D eigenvalue weighted by Crippen LogP contribution is 2.41. The third kappa shape index (κ3) is 3.85. The molecule has 3 heterocycles. The molecule has 0 amide bonds. The van der Waals surface area contributed by atoms with E-state index in [1.807, 2.05) is 25.1 Å². The van der Waals surface area contributed by atoms with Gasteiger partial charge in [-0.15, -0.1) is 0 Å². The van der Waals surface area contributed by atoms with E-state index in [9.17, 15) is 9.60 Å². The van der Waals surface area contributed by atoms with Crippen molar-refractivity contribution in [2.24, 2.45) is 0 Å². The first-order valence-corrected chi connectivity index (χ1v) is 10.5. The van der Waals surface area contributed by atoms with Crippen LogP contribution >= 0.6 is 0 Å². The fraction of sp³-hybridized carbons (Fsp3) is 0.304. The van der Waals surface area contributed by atoms with Crippen molar-refractivity contribution in [2.45, 2.75) is 19.8 Å². The van der Waals surface area contributed by atoms with Gasteiger partial charge in [0.25, 0.3) is 0 Å². The molecule has 8 nitrogen and oxygen atoms in total. The highest BCUT2D eigenvalue weighted by molar-refractivity contribution is 5.75. The van der Waals surface area contributed by atoms with Crippen LogP contribution in [0.2, 0.25) is 0 Å². The molecule has 0 radical (unpaired) electrons. The van der Waals surface area contributed by atoms with E-state index < -0.39 is 10.9 Å². The second-order valence-corrected chi connectivity index (χ2v) is 7.87. The maximum absolute atomic E-state index is 14.1. The van der Waals surface area contributed by atoms with E-state index in [2.05, 4.69) is 15.6 Å². The molecule has 3 aromatic rings. The Morgan fingerprint density at radius 2 is 1.94 bits per heavy atom. The molecule has 0 saturated carbocycles. The lowest BCUT2D eigenvalue weighted by atomic mass is 10.00. The van der Waals surface area contributed by atoms with Crippen molar-refractivity contribution in [3.8, 4) is 11.3 Å². The van der Waals surface area contributed by atoms with Gasteiger partial charge in [0.2, 0.25) is 11.8 Å². The topological polar surface area (TPSA) is 91.4 Å². The van der Waals surface area contributed by atoms with Crippen LogP contribution in [-0.2, 0) is 16.0 Å². The number of rotatable bonds is 5. The molecule has 0 spiro atoms. The normalized spacial score (nSPS) is 20.8. The maximum atomic E-state index is 14.1. The minimum atomic E-state index is -0.767. The summed E-state index contributed by atoms with van der Waals surface area (Å²) < 4.78 is 24.0. The van der Waals surface area contributed by atoms with Gasteiger partial charge in [-0.2, -0.15) is 4.98 Å². The summed E-state index contributed by atoms with van der Waals surface area (Å²) in [6.45, 7) is 3.83. The van der Waals surface area contributed by atoms with Gasteiger partial charge >= 0.3 is 0 Å². The van der Waals surface area contributed by atoms with Gasteiger partial charge in [0.1, 0.15) is 18.2 Å². The standard InChI is InChI=1S/C23H24FN5O3/c1-15-11-16(24)7-8-18(15)21-19-12-25-14-29(30,17-5-3-2-4-6-17)22(19)28-23(27-21)26-13-20-31-9-10-32-20/h2-8,11,20,25H,9-10,12-14H2,1H3,(H,26,27,28). The molecule has 2 aliphatic rings. The quantitative estimate of drug-likeness (QED) is 0.466. The Hall–Kier alpha value is -2.95. The summed E-state index contributed by atoms with van der Waals surface area (Å²) in [7, 11) is 0. The summed E-state index contributed by atoms with van der Waals surface area (Å²) in [6, 6.07) is 13.7. The lowest BCUT2D eigenvalue weighted by Crippen LogP contribution is -2.50. The molecule has 1 atom stereocenters. The van der Waals surface area contributed by atoms with E-state index in [-0.39, 0.29) is 12.5 Å². The van der Waals surface area contributed by atoms with Crippen molar-refractivity contribution < 1.29 is 13.9 Å². The van der Waals surface area contributed by atoms with Crippen molar-refractivity contribution in [2.75, 3.05) is 31.7 Å². The lowest BCUT2D eigenvalue weighted by Gasteiger charge is -2.44. The van der Waals surface area contributed by atoms with Crippen molar-refractivity contribution in [3.05, 3.63) is 70.7 Å². The third-order valence-corrected chi connectivity index (χ3v) is 5.70. The fourth-order valence-corrected chi connectivity index (χ4v) is 4.12. The van der Waals surface area contributed by atoms with Gasteiger partial charge in [0.15, 0.2) is 6.29 Å². The zero-order valence-electron chi connectivity index (χ0n) is 17.7. The van der Waals surface area contributed by atoms with Crippen LogP contribution in [0.5, 0.6) is 0 Å². The number of hydroxylamine groups is 1. The van der Waals surface area contributed by atoms with E-state index in [0.717, 1.165) is 11.1 Å². The largest absolute Gasteiger partial charge is 0.620 e. The molecule has 0 aliphatic carbocycles. The van der Waals surface area contributed by atoms with Gasteiger partial charge in [-0.05, 0) is 42.8 Å². The number of nitrogens with one attached hydrogen (secondary N) is 2. The van der Waals surface area contributed by atoms with Crippen LogP contribution in [0.4, 0.5) is 21.8 Å². The smallest absolute Gasteiger partial charge is 0.243 e. The van der Waals surface area contributed by atoms with Gasteiger partial charge < -0.3 is 20.0 Å². The van der Waals surface area contributed by atoms with Crippen molar-refractivity contribution in [3.63, 3.8) is 0 Å². The van der Waals surface area contributed by atoms with Crippen molar-refractivity contribution in [1.29, 1.82) is 0 Å². The number of quaternary nitrogens is 1. The monoisotopic (exact) mass is 437 g/mol. The Balaban J connectivity index is 1.64. The van der Waals surface area contributed by atoms with E-state index in [0.29, 0.717) is 55.0 Å². The van der Waals surface area contributed by atoms with Crippen LogP contribution in [0.25, 0.3) is 11.3 Å². The number of anilines is 1. The molecule has 1 fully saturated rings. The summed E-state index contributed by atoms with van der Waals surface area (Å²) in [6.07, 6.45) is -0.395. The summed E-state index contributed by atoms with van der Waals surface area (Å²) >= 11 is 0. The SMILES string of the molecule is Cc1cc(F)ccc1-c1nc(NCC2OCCO2)nc2c1CNC[N+]2([O-])c1ccccc1. The Kier molecular flexibility index (Phi) is 5.58. The molecule has 5 rings (SSSR count). The van der Waals surface area contributed by atoms with Crippen LogP contribution in [0, 0.1) is 17.9 Å². The zero-order valence-corrected chi connectivity index (χ0v) is 17.7. The Labute approximate surface area is 185 Å². The number of nitrogens with zero attached hydrogens (tertiary/aromatic N) is 3. The molecular formula is C23H24FN5O3. The van der Waals surface area contributed by atoms with E-state index in [1.165, 1.54) is 12.1 Å². The molecule has 32 heavy (non-hydrogen) atoms. The first-order chi connectivity index (χ1) is 15.5. The molecule has 9 heteroatoms. The van der Waals surface area contributed by atoms with Gasteiger partial charge in [0, 0.05) is 12.1 Å². The van der Waals surface area contributed by atoms with Gasteiger partial charge in [-0.1, -0.05) is 18.2 Å². The average molecular weight is 437 g/mol. The number of ether oxygens (including phenoxy) is 2. The zero-order chi connectivity index (χ0) is 22.1. The Bertz CT molecular complexity index is 1120. The molecular weight excluding hydrogens is 413 g/mol. The predicted molar refractivity (Wildman–Crippen MR) is 119 cm³/mol. The Morgan fingerprint density at radius 3 is 2.69 bits per heavy atom. The number of benzene rings is 2. The first kappa shape index (κ1) is 20.9. The number of aromatic nitrogens is 2. The van der Waals surface area contributed by atoms with Crippen LogP contribution in [0.3, 0.4) is 0 Å². The molecule has 2 aromatic carbocycles. The van der Waals surface area contributed by atoms with Crippen LogP contribution < -0.4 is 15.3 Å². The fourth-order valence-electron chi connectivity index (χ4n) is 4.12. The van der Waals surface area contributed by atoms with E-state index >= 15 is 0 Å². The number of halogens is 1. The highest BCUT2D eigenvalue weighted by Gasteiger charge is 2.35. The predicted octanol–water partition coefficient (Wildman–Crippen LogP) is 3.57. The number of hydrogen-bond donors (Lipinski definition) is 2. The minimum absolute atomic E-state index is 0.143. The van der Waals surface area contributed by atoms with E-state index in [1.54, 1.807) is 18.2 Å². The molecule has 2 N–H and O–H groups in total. The second-order valence-electron chi connectivity index (χ2n) is 7.87. The molecule has 1 aromatic heterocycles. The number of hydrogen-bond acceptors (Lipinski definition) is 7. The summed E-state index contributed by atoms with van der Waals surface area (Å²) in [4.78, 5) is 9.37. The first-order valence-electron chi connectivity index (χ1n) is 10.5. The number of para-hydroxylation sites is 1. The molecule has 1 saturated heterocycles. The Morgan fingerprint density at radius 1 is 1.16 bits per heavy atom. The summed E-state index contributed by atoms with van der Waals surface area (Å²) in [5.74, 6) is 0.344. The van der Waals surface area contributed by atoms with Crippen LogP contribution in [-0.4, -0.2) is 42.7 Å². The van der Waals surface area contributed by atoms with E-state index in [4.69, 9.17) is 14.5 Å². The minimum Gasteiger partial charge on any atom is -0.620 e. The second kappa shape index (κ2) is 8.53. The number of fused-ring (bicyclic) bond motifs is 1. The van der Waals surface area contributed by atoms with Gasteiger partial charge in [0.05, 0.1) is 31.0 Å². The number of aryl methyl sites for hydroxylation is 1. The van der Waals surface area contributed by atoms with Crippen LogP contribution in [0.1, 0.15) is 11.1 Å². The molecule has 1 unspecified atom stereocenters. The molecule has 166 valence electrons.